The zero-order valence-corrected chi connectivity index (χ0v) is 11.6. The van der Waals surface area contributed by atoms with Gasteiger partial charge in [-0.3, -0.25) is 9.78 Å². The van der Waals surface area contributed by atoms with Crippen molar-refractivity contribution in [3.63, 3.8) is 0 Å². The van der Waals surface area contributed by atoms with Crippen molar-refractivity contribution in [2.45, 2.75) is 13.5 Å². The van der Waals surface area contributed by atoms with Gasteiger partial charge in [-0.2, -0.15) is 0 Å². The summed E-state index contributed by atoms with van der Waals surface area (Å²) in [4.78, 5) is 15.9. The highest BCUT2D eigenvalue weighted by Gasteiger charge is 2.06. The number of hydrogen-bond donors (Lipinski definition) is 1. The fourth-order valence-corrected chi connectivity index (χ4v) is 1.90. The third-order valence-corrected chi connectivity index (χ3v) is 3.49. The largest absolute Gasteiger partial charge is 0.348 e. The Kier molecular flexibility index (Phi) is 4.10. The van der Waals surface area contributed by atoms with Crippen LogP contribution in [0.4, 0.5) is 0 Å². The number of amides is 1. The lowest BCUT2D eigenvalue weighted by atomic mass is 10.1. The first kappa shape index (κ1) is 12.8. The van der Waals surface area contributed by atoms with Crippen LogP contribution in [0.3, 0.4) is 0 Å². The standard InChI is InChI=1S/C14H13BrN2O/c1-10-2-3-12(8-13(10)15)14(18)17-9-11-4-6-16-7-5-11/h2-8H,9H2,1H3,(H,17,18). The Hall–Kier alpha value is -1.68. The van der Waals surface area contributed by atoms with Crippen LogP contribution in [0.5, 0.6) is 0 Å². The minimum atomic E-state index is -0.0764. The molecule has 0 aliphatic carbocycles. The number of rotatable bonds is 3. The summed E-state index contributed by atoms with van der Waals surface area (Å²) in [5.74, 6) is -0.0764. The van der Waals surface area contributed by atoms with E-state index >= 15 is 0 Å². The normalized spacial score (nSPS) is 10.1. The SMILES string of the molecule is Cc1ccc(C(=O)NCc2ccncc2)cc1Br. The Morgan fingerprint density at radius 1 is 1.28 bits per heavy atom. The lowest BCUT2D eigenvalue weighted by Crippen LogP contribution is -2.22. The second-order valence-corrected chi connectivity index (χ2v) is 4.86. The van der Waals surface area contributed by atoms with E-state index < -0.39 is 0 Å². The molecule has 4 heteroatoms. The first-order valence-corrected chi connectivity index (χ1v) is 6.39. The molecule has 3 nitrogen and oxygen atoms in total. The minimum Gasteiger partial charge on any atom is -0.348 e. The van der Waals surface area contributed by atoms with Crippen molar-refractivity contribution in [3.05, 3.63) is 63.9 Å². The summed E-state index contributed by atoms with van der Waals surface area (Å²) in [7, 11) is 0. The molecule has 0 aliphatic rings. The van der Waals surface area contributed by atoms with Crippen LogP contribution in [0.15, 0.2) is 47.2 Å². The average Bonchev–Trinajstić information content (AvgIpc) is 2.40. The molecule has 1 aromatic heterocycles. The van der Waals surface area contributed by atoms with Crippen LogP contribution in [0, 0.1) is 6.92 Å². The van der Waals surface area contributed by atoms with E-state index in [9.17, 15) is 4.79 Å². The molecule has 2 aromatic rings. The van der Waals surface area contributed by atoms with Gasteiger partial charge in [0.1, 0.15) is 0 Å². The summed E-state index contributed by atoms with van der Waals surface area (Å²) in [6.45, 7) is 2.50. The number of nitrogens with one attached hydrogen (secondary N) is 1. The van der Waals surface area contributed by atoms with E-state index in [2.05, 4.69) is 26.2 Å². The van der Waals surface area contributed by atoms with Crippen LogP contribution in [0.25, 0.3) is 0 Å². The number of aryl methyl sites for hydroxylation is 1. The lowest BCUT2D eigenvalue weighted by Gasteiger charge is -2.06. The van der Waals surface area contributed by atoms with E-state index in [0.717, 1.165) is 15.6 Å². The van der Waals surface area contributed by atoms with Gasteiger partial charge in [0.2, 0.25) is 0 Å². The van der Waals surface area contributed by atoms with Crippen LogP contribution in [-0.4, -0.2) is 10.9 Å². The Balaban J connectivity index is 2.02. The van der Waals surface area contributed by atoms with Gasteiger partial charge in [-0.25, -0.2) is 0 Å². The Morgan fingerprint density at radius 2 is 2.00 bits per heavy atom. The fraction of sp³-hybridized carbons (Fsp3) is 0.143. The molecule has 1 amide bonds. The van der Waals surface area contributed by atoms with E-state index in [0.29, 0.717) is 12.1 Å². The third kappa shape index (κ3) is 3.17. The van der Waals surface area contributed by atoms with Crippen molar-refractivity contribution in [1.82, 2.24) is 10.3 Å². The van der Waals surface area contributed by atoms with Gasteiger partial charge in [0.25, 0.3) is 5.91 Å². The number of carbonyl (C=O) groups excluding carboxylic acids is 1. The Bertz CT molecular complexity index is 555. The van der Waals surface area contributed by atoms with Crippen LogP contribution in [-0.2, 0) is 6.54 Å². The molecule has 0 atom stereocenters. The van der Waals surface area contributed by atoms with Gasteiger partial charge >= 0.3 is 0 Å². The number of nitrogens with zero attached hydrogens (tertiary/aromatic N) is 1. The summed E-state index contributed by atoms with van der Waals surface area (Å²) in [5.41, 5.74) is 2.80. The van der Waals surface area contributed by atoms with Crippen molar-refractivity contribution in [2.75, 3.05) is 0 Å². The topological polar surface area (TPSA) is 42.0 Å². The molecule has 0 spiro atoms. The first-order chi connectivity index (χ1) is 8.66. The average molecular weight is 305 g/mol. The van der Waals surface area contributed by atoms with Gasteiger partial charge in [-0.15, -0.1) is 0 Å². The molecule has 0 fully saturated rings. The summed E-state index contributed by atoms with van der Waals surface area (Å²) in [6, 6.07) is 9.33. The zero-order valence-electron chi connectivity index (χ0n) is 9.98. The van der Waals surface area contributed by atoms with E-state index in [4.69, 9.17) is 0 Å². The highest BCUT2D eigenvalue weighted by atomic mass is 79.9. The quantitative estimate of drug-likeness (QED) is 0.947. The predicted octanol–water partition coefficient (Wildman–Crippen LogP) is 3.08. The van der Waals surface area contributed by atoms with Gasteiger partial charge in [0.05, 0.1) is 0 Å². The highest BCUT2D eigenvalue weighted by Crippen LogP contribution is 2.17. The van der Waals surface area contributed by atoms with Gasteiger partial charge in [-0.1, -0.05) is 22.0 Å². The fourth-order valence-electron chi connectivity index (χ4n) is 1.52. The van der Waals surface area contributed by atoms with E-state index in [-0.39, 0.29) is 5.91 Å². The molecule has 0 saturated heterocycles. The molecule has 2 rings (SSSR count). The molecule has 0 saturated carbocycles. The molecule has 18 heavy (non-hydrogen) atoms. The molecule has 0 bridgehead atoms. The molecular formula is C14H13BrN2O. The Labute approximate surface area is 114 Å². The summed E-state index contributed by atoms with van der Waals surface area (Å²) in [5, 5.41) is 2.87. The first-order valence-electron chi connectivity index (χ1n) is 5.60. The van der Waals surface area contributed by atoms with Crippen molar-refractivity contribution >= 4 is 21.8 Å². The minimum absolute atomic E-state index is 0.0764. The number of hydrogen-bond acceptors (Lipinski definition) is 2. The summed E-state index contributed by atoms with van der Waals surface area (Å²) in [6.07, 6.45) is 3.42. The molecular weight excluding hydrogens is 292 g/mol. The number of halogens is 1. The predicted molar refractivity (Wildman–Crippen MR) is 74.3 cm³/mol. The lowest BCUT2D eigenvalue weighted by molar-refractivity contribution is 0.0951. The molecule has 1 heterocycles. The van der Waals surface area contributed by atoms with Crippen LogP contribution >= 0.6 is 15.9 Å². The molecule has 0 aliphatic heterocycles. The van der Waals surface area contributed by atoms with Crippen LogP contribution < -0.4 is 5.32 Å². The van der Waals surface area contributed by atoms with E-state index in [1.54, 1.807) is 12.4 Å². The van der Waals surface area contributed by atoms with Gasteiger partial charge in [0, 0.05) is 29.0 Å². The Morgan fingerprint density at radius 3 is 2.67 bits per heavy atom. The van der Waals surface area contributed by atoms with Crippen molar-refractivity contribution in [2.24, 2.45) is 0 Å². The maximum absolute atomic E-state index is 11.9. The highest BCUT2D eigenvalue weighted by molar-refractivity contribution is 9.10. The van der Waals surface area contributed by atoms with Crippen LogP contribution in [0.2, 0.25) is 0 Å². The van der Waals surface area contributed by atoms with Crippen LogP contribution in [0.1, 0.15) is 21.5 Å². The molecule has 0 radical (unpaired) electrons. The van der Waals surface area contributed by atoms with Gasteiger partial charge < -0.3 is 5.32 Å². The summed E-state index contributed by atoms with van der Waals surface area (Å²) >= 11 is 3.42. The molecule has 0 unspecified atom stereocenters. The van der Waals surface area contributed by atoms with E-state index in [1.165, 1.54) is 0 Å². The second-order valence-electron chi connectivity index (χ2n) is 4.00. The van der Waals surface area contributed by atoms with Crippen molar-refractivity contribution in [1.29, 1.82) is 0 Å². The maximum atomic E-state index is 11.9. The monoisotopic (exact) mass is 304 g/mol. The van der Waals surface area contributed by atoms with Crippen molar-refractivity contribution < 1.29 is 4.79 Å². The van der Waals surface area contributed by atoms with Gasteiger partial charge in [0.15, 0.2) is 0 Å². The number of benzene rings is 1. The number of aromatic nitrogens is 1. The number of carbonyl (C=O) groups is 1. The van der Waals surface area contributed by atoms with E-state index in [1.807, 2.05) is 37.3 Å². The number of pyridine rings is 1. The second kappa shape index (κ2) is 5.78. The smallest absolute Gasteiger partial charge is 0.251 e. The third-order valence-electron chi connectivity index (χ3n) is 2.64. The van der Waals surface area contributed by atoms with Crippen molar-refractivity contribution in [3.8, 4) is 0 Å². The van der Waals surface area contributed by atoms with Gasteiger partial charge in [-0.05, 0) is 42.3 Å². The molecule has 1 N–H and O–H groups in total. The zero-order chi connectivity index (χ0) is 13.0. The molecule has 92 valence electrons. The molecule has 1 aromatic carbocycles. The summed E-state index contributed by atoms with van der Waals surface area (Å²) < 4.78 is 0.944. The maximum Gasteiger partial charge on any atom is 0.251 e.